The fraction of sp³-hybridized carbons (Fsp3) is 0.154. The first-order valence-electron chi connectivity index (χ1n) is 10.3. The van der Waals surface area contributed by atoms with Crippen molar-refractivity contribution in [3.8, 4) is 11.3 Å². The monoisotopic (exact) mass is 413 g/mol. The van der Waals surface area contributed by atoms with Crippen LogP contribution in [0.4, 0.5) is 4.39 Å². The molecule has 31 heavy (non-hydrogen) atoms. The van der Waals surface area contributed by atoms with Gasteiger partial charge in [0.05, 0.1) is 5.69 Å². The molecule has 0 unspecified atom stereocenters. The molecule has 0 fully saturated rings. The Morgan fingerprint density at radius 1 is 0.903 bits per heavy atom. The Hall–Kier alpha value is -3.73. The van der Waals surface area contributed by atoms with Crippen molar-refractivity contribution in [2.45, 2.75) is 13.0 Å². The molecule has 1 heterocycles. The number of halogens is 1. The van der Waals surface area contributed by atoms with Crippen LogP contribution in [-0.2, 0) is 20.0 Å². The minimum Gasteiger partial charge on any atom is -0.333 e. The lowest BCUT2D eigenvalue weighted by Crippen LogP contribution is -2.33. The molecule has 0 spiro atoms. The van der Waals surface area contributed by atoms with Crippen LogP contribution in [0.5, 0.6) is 0 Å². The molecule has 0 aliphatic rings. The average molecular weight is 413 g/mol. The zero-order valence-corrected chi connectivity index (χ0v) is 17.4. The summed E-state index contributed by atoms with van der Waals surface area (Å²) >= 11 is 0. The zero-order valence-electron chi connectivity index (χ0n) is 17.4. The van der Waals surface area contributed by atoms with Gasteiger partial charge in [-0.3, -0.25) is 9.48 Å². The summed E-state index contributed by atoms with van der Waals surface area (Å²) in [5.74, 6) is -0.484. The number of carbonyl (C=O) groups excluding carboxylic acids is 1. The van der Waals surface area contributed by atoms with E-state index in [-0.39, 0.29) is 11.7 Å². The summed E-state index contributed by atoms with van der Waals surface area (Å²) in [6.45, 7) is 1.06. The van der Waals surface area contributed by atoms with Crippen LogP contribution in [-0.4, -0.2) is 27.1 Å². The maximum absolute atomic E-state index is 14.2. The van der Waals surface area contributed by atoms with Crippen molar-refractivity contribution in [1.82, 2.24) is 14.7 Å². The van der Waals surface area contributed by atoms with Crippen LogP contribution in [0.15, 0.2) is 91.0 Å². The van der Waals surface area contributed by atoms with Crippen molar-refractivity contribution in [2.75, 3.05) is 6.54 Å². The topological polar surface area (TPSA) is 38.1 Å². The summed E-state index contributed by atoms with van der Waals surface area (Å²) in [4.78, 5) is 15.3. The second-order valence-corrected chi connectivity index (χ2v) is 7.47. The van der Waals surface area contributed by atoms with Gasteiger partial charge in [0.15, 0.2) is 0 Å². The van der Waals surface area contributed by atoms with E-state index in [0.717, 1.165) is 12.0 Å². The molecule has 0 bridgehead atoms. The fourth-order valence-corrected chi connectivity index (χ4v) is 3.59. The Morgan fingerprint density at radius 2 is 1.52 bits per heavy atom. The number of carbonyl (C=O) groups is 1. The standard InChI is InChI=1S/C26H24FN3O/c1-29-25(18-24(28-29)22-14-8-9-15-23(22)27)26(31)30(19-21-12-6-3-7-13-21)17-16-20-10-4-2-5-11-20/h2-15,18H,16-17,19H2,1H3. The van der Waals surface area contributed by atoms with Crippen molar-refractivity contribution in [3.63, 3.8) is 0 Å². The highest BCUT2D eigenvalue weighted by Crippen LogP contribution is 2.23. The SMILES string of the molecule is Cn1nc(-c2ccccc2F)cc1C(=O)N(CCc1ccccc1)Cc1ccccc1. The lowest BCUT2D eigenvalue weighted by molar-refractivity contribution is 0.0734. The number of hydrogen-bond donors (Lipinski definition) is 0. The number of benzene rings is 3. The minimum absolute atomic E-state index is 0.127. The largest absolute Gasteiger partial charge is 0.333 e. The van der Waals surface area contributed by atoms with E-state index in [1.54, 1.807) is 31.3 Å². The highest BCUT2D eigenvalue weighted by atomic mass is 19.1. The van der Waals surface area contributed by atoms with Crippen LogP contribution in [0.3, 0.4) is 0 Å². The van der Waals surface area contributed by atoms with Gasteiger partial charge in [0.25, 0.3) is 5.91 Å². The molecule has 156 valence electrons. The van der Waals surface area contributed by atoms with Gasteiger partial charge in [-0.1, -0.05) is 72.8 Å². The van der Waals surface area contributed by atoms with Crippen molar-refractivity contribution < 1.29 is 9.18 Å². The first-order valence-corrected chi connectivity index (χ1v) is 10.3. The molecule has 4 aromatic rings. The molecular weight excluding hydrogens is 389 g/mol. The van der Waals surface area contributed by atoms with E-state index in [9.17, 15) is 9.18 Å². The molecule has 3 aromatic carbocycles. The molecule has 0 saturated carbocycles. The van der Waals surface area contributed by atoms with Crippen molar-refractivity contribution in [2.24, 2.45) is 7.05 Å². The molecule has 0 radical (unpaired) electrons. The Bertz CT molecular complexity index is 1160. The van der Waals surface area contributed by atoms with Crippen LogP contribution in [0.1, 0.15) is 21.6 Å². The van der Waals surface area contributed by atoms with Crippen LogP contribution in [0.2, 0.25) is 0 Å². The molecule has 0 saturated heterocycles. The van der Waals surface area contributed by atoms with Crippen LogP contribution < -0.4 is 0 Å². The summed E-state index contributed by atoms with van der Waals surface area (Å²) < 4.78 is 15.8. The van der Waals surface area contributed by atoms with Gasteiger partial charge in [-0.2, -0.15) is 5.10 Å². The molecule has 0 aliphatic carbocycles. The number of hydrogen-bond acceptors (Lipinski definition) is 2. The van der Waals surface area contributed by atoms with Crippen LogP contribution in [0, 0.1) is 5.82 Å². The number of aryl methyl sites for hydroxylation is 1. The average Bonchev–Trinajstić information content (AvgIpc) is 3.19. The predicted molar refractivity (Wildman–Crippen MR) is 120 cm³/mol. The third-order valence-corrected chi connectivity index (χ3v) is 5.27. The first kappa shape index (κ1) is 20.5. The van der Waals surface area contributed by atoms with E-state index in [1.807, 2.05) is 53.4 Å². The van der Waals surface area contributed by atoms with Gasteiger partial charge in [-0.15, -0.1) is 0 Å². The van der Waals surface area contributed by atoms with E-state index < -0.39 is 0 Å². The lowest BCUT2D eigenvalue weighted by Gasteiger charge is -2.23. The van der Waals surface area contributed by atoms with Crippen molar-refractivity contribution in [3.05, 3.63) is 114 Å². The highest BCUT2D eigenvalue weighted by Gasteiger charge is 2.22. The van der Waals surface area contributed by atoms with Gasteiger partial charge in [0.2, 0.25) is 0 Å². The number of rotatable bonds is 7. The Balaban J connectivity index is 1.61. The van der Waals surface area contributed by atoms with E-state index >= 15 is 0 Å². The quantitative estimate of drug-likeness (QED) is 0.422. The third kappa shape index (κ3) is 4.89. The molecule has 1 amide bonds. The van der Waals surface area contributed by atoms with E-state index in [2.05, 4.69) is 17.2 Å². The van der Waals surface area contributed by atoms with Crippen molar-refractivity contribution in [1.29, 1.82) is 0 Å². The Morgan fingerprint density at radius 3 is 2.19 bits per heavy atom. The van der Waals surface area contributed by atoms with Gasteiger partial charge in [0, 0.05) is 25.7 Å². The Labute approximate surface area is 181 Å². The van der Waals surface area contributed by atoms with E-state index in [0.29, 0.717) is 30.0 Å². The van der Waals surface area contributed by atoms with E-state index in [4.69, 9.17) is 0 Å². The summed E-state index contributed by atoms with van der Waals surface area (Å²) in [5.41, 5.74) is 3.50. The summed E-state index contributed by atoms with van der Waals surface area (Å²) in [7, 11) is 1.72. The first-order chi connectivity index (χ1) is 15.1. The summed E-state index contributed by atoms with van der Waals surface area (Å²) in [6, 6.07) is 28.2. The second-order valence-electron chi connectivity index (χ2n) is 7.47. The lowest BCUT2D eigenvalue weighted by atomic mass is 10.1. The molecule has 1 aromatic heterocycles. The Kier molecular flexibility index (Phi) is 6.22. The van der Waals surface area contributed by atoms with Crippen LogP contribution in [0.25, 0.3) is 11.3 Å². The third-order valence-electron chi connectivity index (χ3n) is 5.27. The molecule has 0 atom stereocenters. The molecule has 4 nitrogen and oxygen atoms in total. The zero-order chi connectivity index (χ0) is 21.6. The smallest absolute Gasteiger partial charge is 0.272 e. The summed E-state index contributed by atoms with van der Waals surface area (Å²) in [6.07, 6.45) is 0.747. The maximum atomic E-state index is 14.2. The van der Waals surface area contributed by atoms with Gasteiger partial charge in [0.1, 0.15) is 11.5 Å². The molecule has 4 rings (SSSR count). The maximum Gasteiger partial charge on any atom is 0.272 e. The fourth-order valence-electron chi connectivity index (χ4n) is 3.59. The van der Waals surface area contributed by atoms with Gasteiger partial charge < -0.3 is 4.90 Å². The summed E-state index contributed by atoms with van der Waals surface area (Å²) in [5, 5.41) is 4.40. The molecule has 0 N–H and O–H groups in total. The predicted octanol–water partition coefficient (Wildman–Crippen LogP) is 5.11. The minimum atomic E-state index is -0.357. The van der Waals surface area contributed by atoms with Gasteiger partial charge in [-0.25, -0.2) is 4.39 Å². The van der Waals surface area contributed by atoms with Gasteiger partial charge >= 0.3 is 0 Å². The molecule has 0 aliphatic heterocycles. The number of nitrogens with zero attached hydrogens (tertiary/aromatic N) is 3. The van der Waals surface area contributed by atoms with Crippen molar-refractivity contribution >= 4 is 5.91 Å². The number of aromatic nitrogens is 2. The highest BCUT2D eigenvalue weighted by molar-refractivity contribution is 5.93. The van der Waals surface area contributed by atoms with Gasteiger partial charge in [-0.05, 0) is 35.7 Å². The normalized spacial score (nSPS) is 10.8. The number of amides is 1. The molecule has 5 heteroatoms. The molecular formula is C26H24FN3O. The van der Waals surface area contributed by atoms with Crippen LogP contribution >= 0.6 is 0 Å². The van der Waals surface area contributed by atoms with E-state index in [1.165, 1.54) is 16.3 Å². The second kappa shape index (κ2) is 9.39.